The minimum atomic E-state index is -0.142. The number of aromatic nitrogens is 2. The molecule has 0 spiro atoms. The molecule has 3 rings (SSSR count). The smallest absolute Gasteiger partial charge is 0.270 e. The van der Waals surface area contributed by atoms with Crippen molar-refractivity contribution < 1.29 is 9.53 Å². The Bertz CT molecular complexity index is 770. The second-order valence-electron chi connectivity index (χ2n) is 6.50. The third kappa shape index (κ3) is 4.26. The summed E-state index contributed by atoms with van der Waals surface area (Å²) in [5, 5.41) is 6.23. The predicted octanol–water partition coefficient (Wildman–Crippen LogP) is 3.52. The van der Waals surface area contributed by atoms with E-state index in [0.29, 0.717) is 17.4 Å². The lowest BCUT2D eigenvalue weighted by atomic mass is 10.2. The van der Waals surface area contributed by atoms with Gasteiger partial charge in [-0.25, -0.2) is 9.97 Å². The van der Waals surface area contributed by atoms with Crippen LogP contribution < -0.4 is 15.4 Å². The van der Waals surface area contributed by atoms with Crippen LogP contribution >= 0.6 is 0 Å². The largest absolute Gasteiger partial charge is 0.495 e. The predicted molar refractivity (Wildman–Crippen MR) is 97.5 cm³/mol. The van der Waals surface area contributed by atoms with Crippen molar-refractivity contribution in [3.05, 3.63) is 41.2 Å². The molecule has 1 amide bonds. The van der Waals surface area contributed by atoms with E-state index >= 15 is 0 Å². The zero-order valence-electron chi connectivity index (χ0n) is 14.9. The van der Waals surface area contributed by atoms with Crippen LogP contribution in [0.15, 0.2) is 24.3 Å². The summed E-state index contributed by atoms with van der Waals surface area (Å²) in [5.41, 5.74) is 2.99. The van der Waals surface area contributed by atoms with E-state index in [1.54, 1.807) is 13.2 Å². The topological polar surface area (TPSA) is 76.1 Å². The molecular formula is C19H24N4O2. The monoisotopic (exact) mass is 340 g/mol. The number of hydrogen-bond acceptors (Lipinski definition) is 5. The average Bonchev–Trinajstić information content (AvgIpc) is 3.07. The fourth-order valence-electron chi connectivity index (χ4n) is 3.11. The van der Waals surface area contributed by atoms with Crippen molar-refractivity contribution in [2.24, 2.45) is 0 Å². The van der Waals surface area contributed by atoms with Gasteiger partial charge in [-0.1, -0.05) is 18.9 Å². The lowest BCUT2D eigenvalue weighted by Gasteiger charge is -2.14. The Morgan fingerprint density at radius 2 is 1.92 bits per heavy atom. The Labute approximate surface area is 148 Å². The highest BCUT2D eigenvalue weighted by Crippen LogP contribution is 2.27. The van der Waals surface area contributed by atoms with Gasteiger partial charge in [0.05, 0.1) is 12.8 Å². The van der Waals surface area contributed by atoms with E-state index in [-0.39, 0.29) is 11.9 Å². The Hall–Kier alpha value is -2.63. The van der Waals surface area contributed by atoms with Gasteiger partial charge < -0.3 is 15.4 Å². The number of nitrogens with zero attached hydrogens (tertiary/aromatic N) is 2. The molecule has 0 aliphatic heterocycles. The summed E-state index contributed by atoms with van der Waals surface area (Å²) in [6.07, 6.45) is 4.43. The number of amides is 1. The first-order valence-electron chi connectivity index (χ1n) is 8.63. The summed E-state index contributed by atoms with van der Waals surface area (Å²) in [6, 6.07) is 7.80. The Balaban J connectivity index is 1.81. The van der Waals surface area contributed by atoms with E-state index < -0.39 is 0 Å². The first kappa shape index (κ1) is 17.2. The number of hydrogen-bond donors (Lipinski definition) is 2. The van der Waals surface area contributed by atoms with Crippen LogP contribution in [0.4, 0.5) is 11.6 Å². The molecule has 25 heavy (non-hydrogen) atoms. The molecule has 0 atom stereocenters. The summed E-state index contributed by atoms with van der Waals surface area (Å²) < 4.78 is 5.37. The molecule has 6 nitrogen and oxygen atoms in total. The average molecular weight is 340 g/mol. The summed E-state index contributed by atoms with van der Waals surface area (Å²) in [6.45, 7) is 3.86. The van der Waals surface area contributed by atoms with Crippen molar-refractivity contribution in [2.45, 2.75) is 45.6 Å². The Kier molecular flexibility index (Phi) is 5.16. The molecule has 0 unspecified atom stereocenters. The van der Waals surface area contributed by atoms with Crippen LogP contribution in [0.3, 0.4) is 0 Å². The summed E-state index contributed by atoms with van der Waals surface area (Å²) in [7, 11) is 1.62. The van der Waals surface area contributed by atoms with Crippen molar-refractivity contribution in [3.63, 3.8) is 0 Å². The van der Waals surface area contributed by atoms with E-state index in [1.807, 2.05) is 32.0 Å². The molecule has 0 bridgehead atoms. The molecule has 1 aromatic carbocycles. The van der Waals surface area contributed by atoms with Crippen molar-refractivity contribution in [2.75, 3.05) is 12.4 Å². The number of carbonyl (C=O) groups is 1. The van der Waals surface area contributed by atoms with Crippen LogP contribution in [0.25, 0.3) is 0 Å². The third-order valence-electron chi connectivity index (χ3n) is 4.38. The maximum Gasteiger partial charge on any atom is 0.270 e. The molecule has 2 N–H and O–H groups in total. The molecule has 0 saturated heterocycles. The molecule has 132 valence electrons. The molecule has 1 aromatic heterocycles. The second kappa shape index (κ2) is 7.51. The highest BCUT2D eigenvalue weighted by atomic mass is 16.5. The molecule has 0 radical (unpaired) electrons. The second-order valence-corrected chi connectivity index (χ2v) is 6.50. The van der Waals surface area contributed by atoms with E-state index in [4.69, 9.17) is 4.74 Å². The number of methoxy groups -OCH3 is 1. The quantitative estimate of drug-likeness (QED) is 0.871. The highest BCUT2D eigenvalue weighted by molar-refractivity contribution is 5.93. The summed E-state index contributed by atoms with van der Waals surface area (Å²) in [5.74, 6) is 0.949. The maximum absolute atomic E-state index is 12.5. The summed E-state index contributed by atoms with van der Waals surface area (Å²) in [4.78, 5) is 21.3. The van der Waals surface area contributed by atoms with Crippen LogP contribution in [0.2, 0.25) is 0 Å². The Morgan fingerprint density at radius 1 is 1.16 bits per heavy atom. The lowest BCUT2D eigenvalue weighted by Crippen LogP contribution is -2.33. The maximum atomic E-state index is 12.5. The van der Waals surface area contributed by atoms with Crippen LogP contribution in [-0.2, 0) is 0 Å². The molecule has 1 aliphatic rings. The summed E-state index contributed by atoms with van der Waals surface area (Å²) >= 11 is 0. The van der Waals surface area contributed by atoms with Gasteiger partial charge in [0.1, 0.15) is 11.4 Å². The van der Waals surface area contributed by atoms with Gasteiger partial charge in [-0.3, -0.25) is 4.79 Å². The van der Waals surface area contributed by atoms with Crippen LogP contribution in [-0.4, -0.2) is 29.0 Å². The van der Waals surface area contributed by atoms with Crippen molar-refractivity contribution in [1.82, 2.24) is 15.3 Å². The molecule has 2 aromatic rings. The fraction of sp³-hybridized carbons (Fsp3) is 0.421. The molecule has 1 heterocycles. The standard InChI is InChI=1S/C19H24N4O2/c1-12-8-9-17(25-3)15(10-12)22-19-20-13(2)11-16(23-19)18(24)21-14-6-4-5-7-14/h8-11,14H,4-7H2,1-3H3,(H,21,24)(H,20,22,23). The van der Waals surface area contributed by atoms with Crippen LogP contribution in [0, 0.1) is 13.8 Å². The van der Waals surface area contributed by atoms with E-state index in [9.17, 15) is 4.79 Å². The highest BCUT2D eigenvalue weighted by Gasteiger charge is 2.19. The van der Waals surface area contributed by atoms with Crippen LogP contribution in [0.1, 0.15) is 47.4 Å². The number of anilines is 2. The molecule has 1 aliphatic carbocycles. The number of ether oxygens (including phenoxy) is 1. The van der Waals surface area contributed by atoms with Gasteiger partial charge in [-0.15, -0.1) is 0 Å². The zero-order valence-corrected chi connectivity index (χ0v) is 14.9. The van der Waals surface area contributed by atoms with E-state index in [2.05, 4.69) is 20.6 Å². The van der Waals surface area contributed by atoms with Gasteiger partial charge in [0, 0.05) is 11.7 Å². The van der Waals surface area contributed by atoms with Crippen molar-refractivity contribution >= 4 is 17.5 Å². The Morgan fingerprint density at radius 3 is 2.64 bits per heavy atom. The van der Waals surface area contributed by atoms with Gasteiger partial charge >= 0.3 is 0 Å². The fourth-order valence-corrected chi connectivity index (χ4v) is 3.11. The van der Waals surface area contributed by atoms with Crippen molar-refractivity contribution in [1.29, 1.82) is 0 Å². The van der Waals surface area contributed by atoms with Gasteiger partial charge in [-0.2, -0.15) is 0 Å². The van der Waals surface area contributed by atoms with Gasteiger partial charge in [0.15, 0.2) is 0 Å². The van der Waals surface area contributed by atoms with E-state index in [1.165, 1.54) is 12.8 Å². The number of rotatable bonds is 5. The zero-order chi connectivity index (χ0) is 17.8. The number of aryl methyl sites for hydroxylation is 2. The minimum Gasteiger partial charge on any atom is -0.495 e. The van der Waals surface area contributed by atoms with Gasteiger partial charge in [0.25, 0.3) is 5.91 Å². The first-order chi connectivity index (χ1) is 12.0. The van der Waals surface area contributed by atoms with Crippen LogP contribution in [0.5, 0.6) is 5.75 Å². The minimum absolute atomic E-state index is 0.142. The number of nitrogens with one attached hydrogen (secondary N) is 2. The van der Waals surface area contributed by atoms with Gasteiger partial charge in [0.2, 0.25) is 5.95 Å². The molecule has 6 heteroatoms. The lowest BCUT2D eigenvalue weighted by molar-refractivity contribution is 0.0932. The van der Waals surface area contributed by atoms with E-state index in [0.717, 1.165) is 29.8 Å². The molecule has 1 fully saturated rings. The molecular weight excluding hydrogens is 316 g/mol. The SMILES string of the molecule is COc1ccc(C)cc1Nc1nc(C)cc(C(=O)NC2CCCC2)n1. The normalized spacial score (nSPS) is 14.4. The van der Waals surface area contributed by atoms with Crippen molar-refractivity contribution in [3.8, 4) is 5.75 Å². The van der Waals surface area contributed by atoms with Gasteiger partial charge in [-0.05, 0) is 50.5 Å². The molecule has 1 saturated carbocycles. The number of carbonyl (C=O) groups excluding carboxylic acids is 1. The third-order valence-corrected chi connectivity index (χ3v) is 4.38. The first-order valence-corrected chi connectivity index (χ1v) is 8.63. The number of benzene rings is 1.